The van der Waals surface area contributed by atoms with Gasteiger partial charge < -0.3 is 10.4 Å². The topological polar surface area (TPSA) is 62.2 Å². The molecule has 2 N–H and O–H groups in total. The summed E-state index contributed by atoms with van der Waals surface area (Å²) in [5.41, 5.74) is 0.116. The number of anilines is 1. The summed E-state index contributed by atoms with van der Waals surface area (Å²) in [6.07, 6.45) is 3.42. The largest absolute Gasteiger partial charge is 0.476 e. The number of nitrogens with zero attached hydrogens (tertiary/aromatic N) is 1. The SMILES string of the molecule is CCCCC(C)Nc1nc(C(=O)O)cs1. The molecule has 0 bridgehead atoms. The minimum absolute atomic E-state index is 0.116. The summed E-state index contributed by atoms with van der Waals surface area (Å²) in [5.74, 6) is -0.972. The summed E-state index contributed by atoms with van der Waals surface area (Å²) in [4.78, 5) is 14.6. The van der Waals surface area contributed by atoms with E-state index in [9.17, 15) is 4.79 Å². The third kappa shape index (κ3) is 3.87. The first kappa shape index (κ1) is 12.0. The minimum Gasteiger partial charge on any atom is -0.476 e. The number of unbranched alkanes of at least 4 members (excludes halogenated alkanes) is 1. The van der Waals surface area contributed by atoms with Gasteiger partial charge in [-0.15, -0.1) is 11.3 Å². The van der Waals surface area contributed by atoms with Crippen molar-refractivity contribution in [3.63, 3.8) is 0 Å². The third-order valence-electron chi connectivity index (χ3n) is 2.08. The molecule has 1 heterocycles. The van der Waals surface area contributed by atoms with Crippen LogP contribution in [-0.2, 0) is 0 Å². The predicted octanol–water partition coefficient (Wildman–Crippen LogP) is 2.83. The molecular weight excluding hydrogens is 212 g/mol. The Morgan fingerprint density at radius 1 is 1.73 bits per heavy atom. The van der Waals surface area contributed by atoms with Crippen molar-refractivity contribution in [3.05, 3.63) is 11.1 Å². The van der Waals surface area contributed by atoms with Crippen molar-refractivity contribution in [2.45, 2.75) is 39.2 Å². The van der Waals surface area contributed by atoms with Gasteiger partial charge in [0.1, 0.15) is 0 Å². The van der Waals surface area contributed by atoms with Crippen LogP contribution >= 0.6 is 11.3 Å². The van der Waals surface area contributed by atoms with Crippen LogP contribution in [0.1, 0.15) is 43.6 Å². The second-order valence-electron chi connectivity index (χ2n) is 3.53. The van der Waals surface area contributed by atoms with Crippen LogP contribution in [-0.4, -0.2) is 22.1 Å². The molecule has 0 saturated carbocycles. The zero-order valence-electron chi connectivity index (χ0n) is 8.99. The summed E-state index contributed by atoms with van der Waals surface area (Å²) < 4.78 is 0. The summed E-state index contributed by atoms with van der Waals surface area (Å²) >= 11 is 1.34. The van der Waals surface area contributed by atoms with Gasteiger partial charge in [0.25, 0.3) is 0 Å². The van der Waals surface area contributed by atoms with E-state index in [-0.39, 0.29) is 5.69 Å². The van der Waals surface area contributed by atoms with Crippen LogP contribution in [0.2, 0.25) is 0 Å². The number of nitrogens with one attached hydrogen (secondary N) is 1. The fourth-order valence-electron chi connectivity index (χ4n) is 1.23. The summed E-state index contributed by atoms with van der Waals surface area (Å²) in [7, 11) is 0. The Labute approximate surface area is 93.4 Å². The highest BCUT2D eigenvalue weighted by molar-refractivity contribution is 7.13. The smallest absolute Gasteiger partial charge is 0.355 e. The van der Waals surface area contributed by atoms with Gasteiger partial charge in [-0.25, -0.2) is 9.78 Å². The Bertz CT molecular complexity index is 325. The molecule has 0 fully saturated rings. The van der Waals surface area contributed by atoms with Gasteiger partial charge in [-0.2, -0.15) is 0 Å². The molecule has 4 nitrogen and oxygen atoms in total. The number of carboxylic acids is 1. The minimum atomic E-state index is -0.972. The van der Waals surface area contributed by atoms with E-state index in [1.165, 1.54) is 24.2 Å². The van der Waals surface area contributed by atoms with Crippen LogP contribution in [0.4, 0.5) is 5.13 Å². The average molecular weight is 228 g/mol. The molecule has 1 atom stereocenters. The molecule has 0 aliphatic carbocycles. The van der Waals surface area contributed by atoms with Crippen LogP contribution in [0.3, 0.4) is 0 Å². The maximum atomic E-state index is 10.6. The molecule has 1 rings (SSSR count). The molecule has 84 valence electrons. The molecule has 0 amide bonds. The molecule has 0 aliphatic rings. The van der Waals surface area contributed by atoms with Crippen LogP contribution in [0, 0.1) is 0 Å². The van der Waals surface area contributed by atoms with Crippen molar-refractivity contribution >= 4 is 22.4 Å². The third-order valence-corrected chi connectivity index (χ3v) is 2.86. The van der Waals surface area contributed by atoms with Gasteiger partial charge in [-0.05, 0) is 13.3 Å². The standard InChI is InChI=1S/C10H16N2O2S/c1-3-4-5-7(2)11-10-12-8(6-15-10)9(13)14/h6-7H,3-5H2,1-2H3,(H,11,12)(H,13,14). The molecule has 5 heteroatoms. The zero-order valence-corrected chi connectivity index (χ0v) is 9.80. The van der Waals surface area contributed by atoms with Crippen molar-refractivity contribution in [2.24, 2.45) is 0 Å². The number of carbonyl (C=O) groups is 1. The average Bonchev–Trinajstić information content (AvgIpc) is 2.63. The first-order valence-corrected chi connectivity index (χ1v) is 5.96. The molecule has 0 radical (unpaired) electrons. The molecule has 0 spiro atoms. The van der Waals surface area contributed by atoms with Crippen LogP contribution in [0.15, 0.2) is 5.38 Å². The molecule has 15 heavy (non-hydrogen) atoms. The van der Waals surface area contributed by atoms with Gasteiger partial charge in [0.15, 0.2) is 10.8 Å². The lowest BCUT2D eigenvalue weighted by atomic mass is 10.1. The van der Waals surface area contributed by atoms with E-state index >= 15 is 0 Å². The van der Waals surface area contributed by atoms with Gasteiger partial charge in [0, 0.05) is 11.4 Å². The van der Waals surface area contributed by atoms with Gasteiger partial charge in [-0.3, -0.25) is 0 Å². The Morgan fingerprint density at radius 2 is 2.47 bits per heavy atom. The van der Waals surface area contributed by atoms with Crippen LogP contribution in [0.25, 0.3) is 0 Å². The fourth-order valence-corrected chi connectivity index (χ4v) is 2.03. The normalized spacial score (nSPS) is 12.4. The van der Waals surface area contributed by atoms with Crippen molar-refractivity contribution < 1.29 is 9.90 Å². The van der Waals surface area contributed by atoms with E-state index in [1.54, 1.807) is 5.38 Å². The number of thiazole rings is 1. The van der Waals surface area contributed by atoms with Gasteiger partial charge in [0.05, 0.1) is 0 Å². The van der Waals surface area contributed by atoms with E-state index in [4.69, 9.17) is 5.11 Å². The maximum Gasteiger partial charge on any atom is 0.355 e. The molecule has 1 aromatic heterocycles. The highest BCUT2D eigenvalue weighted by Crippen LogP contribution is 2.17. The maximum absolute atomic E-state index is 10.6. The highest BCUT2D eigenvalue weighted by Gasteiger charge is 2.09. The van der Waals surface area contributed by atoms with E-state index in [0.29, 0.717) is 11.2 Å². The summed E-state index contributed by atoms with van der Waals surface area (Å²) in [6.45, 7) is 4.23. The van der Waals surface area contributed by atoms with E-state index < -0.39 is 5.97 Å². The van der Waals surface area contributed by atoms with E-state index in [2.05, 4.69) is 24.1 Å². The number of hydrogen-bond acceptors (Lipinski definition) is 4. The number of rotatable bonds is 6. The van der Waals surface area contributed by atoms with Gasteiger partial charge in [0.2, 0.25) is 0 Å². The second-order valence-corrected chi connectivity index (χ2v) is 4.39. The summed E-state index contributed by atoms with van der Waals surface area (Å²) in [5, 5.41) is 14.1. The highest BCUT2D eigenvalue weighted by atomic mass is 32.1. The molecular formula is C10H16N2O2S. The van der Waals surface area contributed by atoms with Crippen LogP contribution in [0.5, 0.6) is 0 Å². The number of carboxylic acid groups (broad SMARTS) is 1. The Morgan fingerprint density at radius 3 is 3.00 bits per heavy atom. The Hall–Kier alpha value is -1.10. The Balaban J connectivity index is 2.46. The lowest BCUT2D eigenvalue weighted by molar-refractivity contribution is 0.0691. The molecule has 0 aliphatic heterocycles. The second kappa shape index (κ2) is 5.70. The number of aromatic nitrogens is 1. The van der Waals surface area contributed by atoms with Crippen molar-refractivity contribution in [1.82, 2.24) is 4.98 Å². The Kier molecular flexibility index (Phi) is 4.55. The molecule has 0 aromatic carbocycles. The first-order chi connectivity index (χ1) is 7.13. The monoisotopic (exact) mass is 228 g/mol. The lowest BCUT2D eigenvalue weighted by Crippen LogP contribution is -2.14. The van der Waals surface area contributed by atoms with Crippen LogP contribution < -0.4 is 5.32 Å². The van der Waals surface area contributed by atoms with E-state index in [0.717, 1.165) is 6.42 Å². The number of hydrogen-bond donors (Lipinski definition) is 2. The number of aromatic carboxylic acids is 1. The fraction of sp³-hybridized carbons (Fsp3) is 0.600. The summed E-state index contributed by atoms with van der Waals surface area (Å²) in [6, 6.07) is 0.345. The molecule has 1 aromatic rings. The van der Waals surface area contributed by atoms with Crippen molar-refractivity contribution in [1.29, 1.82) is 0 Å². The quantitative estimate of drug-likeness (QED) is 0.786. The molecule has 0 saturated heterocycles. The van der Waals surface area contributed by atoms with Gasteiger partial charge >= 0.3 is 5.97 Å². The van der Waals surface area contributed by atoms with Crippen molar-refractivity contribution in [3.8, 4) is 0 Å². The zero-order chi connectivity index (χ0) is 11.3. The van der Waals surface area contributed by atoms with Crippen molar-refractivity contribution in [2.75, 3.05) is 5.32 Å². The lowest BCUT2D eigenvalue weighted by Gasteiger charge is -2.11. The predicted molar refractivity (Wildman–Crippen MR) is 61.7 cm³/mol. The van der Waals surface area contributed by atoms with E-state index in [1.807, 2.05) is 0 Å². The first-order valence-electron chi connectivity index (χ1n) is 5.08. The molecule has 1 unspecified atom stereocenters. The van der Waals surface area contributed by atoms with Gasteiger partial charge in [-0.1, -0.05) is 19.8 Å².